The van der Waals surface area contributed by atoms with E-state index in [0.717, 1.165) is 30.3 Å². The summed E-state index contributed by atoms with van der Waals surface area (Å²) >= 11 is 0. The molecule has 0 amide bonds. The van der Waals surface area contributed by atoms with Crippen LogP contribution in [0.2, 0.25) is 0 Å². The van der Waals surface area contributed by atoms with E-state index in [1.807, 2.05) is 0 Å². The van der Waals surface area contributed by atoms with Gasteiger partial charge in [0.05, 0.1) is 0 Å². The van der Waals surface area contributed by atoms with Gasteiger partial charge in [-0.15, -0.1) is 0 Å². The van der Waals surface area contributed by atoms with Crippen LogP contribution in [-0.4, -0.2) is 30.6 Å². The molecule has 1 aliphatic carbocycles. The molecule has 0 bridgehead atoms. The maximum atomic E-state index is 6.10. The maximum Gasteiger partial charge on any atom is 0.0138 e. The van der Waals surface area contributed by atoms with E-state index in [0.29, 0.717) is 5.41 Å². The van der Waals surface area contributed by atoms with Crippen LogP contribution in [0.3, 0.4) is 0 Å². The summed E-state index contributed by atoms with van der Waals surface area (Å²) in [4.78, 5) is 2.81. The molecule has 2 nitrogen and oxygen atoms in total. The van der Waals surface area contributed by atoms with Crippen LogP contribution in [0.1, 0.15) is 72.6 Å². The molecule has 0 aromatic carbocycles. The molecule has 3 unspecified atom stereocenters. The zero-order chi connectivity index (χ0) is 15.5. The topological polar surface area (TPSA) is 29.3 Å². The van der Waals surface area contributed by atoms with Crippen LogP contribution in [0.15, 0.2) is 0 Å². The molecule has 0 aromatic rings. The van der Waals surface area contributed by atoms with E-state index in [2.05, 4.69) is 32.6 Å². The van der Waals surface area contributed by atoms with E-state index in [4.69, 9.17) is 5.73 Å². The molecule has 2 N–H and O–H groups in total. The van der Waals surface area contributed by atoms with Crippen LogP contribution < -0.4 is 5.73 Å². The standard InChI is InChI=1S/C19H38N2/c1-5-6-15-9-11-21(12-10-15)18-13-17(19(2,3)4)8-7-16(18)14-20/h15-18H,5-14,20H2,1-4H3. The number of hydrogen-bond acceptors (Lipinski definition) is 2. The van der Waals surface area contributed by atoms with Crippen molar-refractivity contribution in [3.05, 3.63) is 0 Å². The minimum absolute atomic E-state index is 0.457. The summed E-state index contributed by atoms with van der Waals surface area (Å²) in [6, 6.07) is 0.760. The Bertz CT molecular complexity index is 299. The fourth-order valence-electron chi connectivity index (χ4n) is 4.70. The van der Waals surface area contributed by atoms with E-state index in [1.165, 1.54) is 58.0 Å². The van der Waals surface area contributed by atoms with Crippen molar-refractivity contribution < 1.29 is 0 Å². The Morgan fingerprint density at radius 2 is 1.71 bits per heavy atom. The van der Waals surface area contributed by atoms with Crippen LogP contribution in [0, 0.1) is 23.2 Å². The lowest BCUT2D eigenvalue weighted by atomic mass is 9.67. The molecule has 1 saturated carbocycles. The maximum absolute atomic E-state index is 6.10. The van der Waals surface area contributed by atoms with Gasteiger partial charge in [-0.2, -0.15) is 0 Å². The van der Waals surface area contributed by atoms with Gasteiger partial charge < -0.3 is 10.6 Å². The third-order valence-electron chi connectivity index (χ3n) is 6.30. The smallest absolute Gasteiger partial charge is 0.0138 e. The molecule has 0 spiro atoms. The van der Waals surface area contributed by atoms with Crippen molar-refractivity contribution in [1.82, 2.24) is 4.90 Å². The van der Waals surface area contributed by atoms with Gasteiger partial charge in [0.15, 0.2) is 0 Å². The predicted octanol–water partition coefficient (Wildman–Crippen LogP) is 4.29. The van der Waals surface area contributed by atoms with Crippen LogP contribution in [0.5, 0.6) is 0 Å². The number of nitrogens with two attached hydrogens (primary N) is 1. The fraction of sp³-hybridized carbons (Fsp3) is 1.00. The van der Waals surface area contributed by atoms with Crippen molar-refractivity contribution in [3.63, 3.8) is 0 Å². The minimum Gasteiger partial charge on any atom is -0.330 e. The van der Waals surface area contributed by atoms with Gasteiger partial charge in [-0.05, 0) is 74.9 Å². The number of nitrogens with zero attached hydrogens (tertiary/aromatic N) is 1. The molecule has 0 aromatic heterocycles. The molecule has 2 aliphatic rings. The summed E-state index contributed by atoms with van der Waals surface area (Å²) in [5.74, 6) is 2.61. The van der Waals surface area contributed by atoms with Gasteiger partial charge in [-0.1, -0.05) is 40.5 Å². The van der Waals surface area contributed by atoms with Crippen molar-refractivity contribution in [1.29, 1.82) is 0 Å². The predicted molar refractivity (Wildman–Crippen MR) is 92.3 cm³/mol. The molecular weight excluding hydrogens is 256 g/mol. The van der Waals surface area contributed by atoms with Crippen LogP contribution in [0.4, 0.5) is 0 Å². The number of hydrogen-bond donors (Lipinski definition) is 1. The Morgan fingerprint density at radius 1 is 1.05 bits per heavy atom. The second kappa shape index (κ2) is 7.46. The quantitative estimate of drug-likeness (QED) is 0.838. The average molecular weight is 295 g/mol. The Kier molecular flexibility index (Phi) is 6.14. The zero-order valence-corrected chi connectivity index (χ0v) is 14.9. The first-order valence-electron chi connectivity index (χ1n) is 9.39. The molecule has 1 aliphatic heterocycles. The zero-order valence-electron chi connectivity index (χ0n) is 14.9. The molecule has 0 radical (unpaired) electrons. The summed E-state index contributed by atoms with van der Waals surface area (Å²) < 4.78 is 0. The monoisotopic (exact) mass is 294 g/mol. The SMILES string of the molecule is CCCC1CCN(C2CC(C(C)(C)C)CCC2CN)CC1. The Hall–Kier alpha value is -0.0800. The van der Waals surface area contributed by atoms with Crippen molar-refractivity contribution in [2.24, 2.45) is 28.9 Å². The number of piperidine rings is 1. The molecule has 2 rings (SSSR count). The molecule has 1 heterocycles. The highest BCUT2D eigenvalue weighted by molar-refractivity contribution is 4.92. The summed E-state index contributed by atoms with van der Waals surface area (Å²) in [6.45, 7) is 13.1. The molecule has 21 heavy (non-hydrogen) atoms. The molecule has 1 saturated heterocycles. The Labute approximate surface area is 132 Å². The van der Waals surface area contributed by atoms with E-state index in [1.54, 1.807) is 0 Å². The van der Waals surface area contributed by atoms with Crippen LogP contribution in [-0.2, 0) is 0 Å². The van der Waals surface area contributed by atoms with Gasteiger partial charge in [0.1, 0.15) is 0 Å². The summed E-state index contributed by atoms with van der Waals surface area (Å²) in [5.41, 5.74) is 6.56. The van der Waals surface area contributed by atoms with Gasteiger partial charge in [-0.3, -0.25) is 0 Å². The van der Waals surface area contributed by atoms with Gasteiger partial charge in [0.2, 0.25) is 0 Å². The highest BCUT2D eigenvalue weighted by atomic mass is 15.2. The van der Waals surface area contributed by atoms with Crippen molar-refractivity contribution in [2.45, 2.75) is 78.7 Å². The summed E-state index contributed by atoms with van der Waals surface area (Å²) in [5, 5.41) is 0. The highest BCUT2D eigenvalue weighted by Gasteiger charge is 2.38. The van der Waals surface area contributed by atoms with Crippen LogP contribution >= 0.6 is 0 Å². The first-order chi connectivity index (χ1) is 9.95. The Morgan fingerprint density at radius 3 is 2.24 bits per heavy atom. The average Bonchev–Trinajstić information content (AvgIpc) is 2.47. The first-order valence-corrected chi connectivity index (χ1v) is 9.39. The molecule has 3 atom stereocenters. The second-order valence-electron chi connectivity index (χ2n) is 8.71. The molecule has 2 heteroatoms. The third kappa shape index (κ3) is 4.45. The van der Waals surface area contributed by atoms with E-state index < -0.39 is 0 Å². The van der Waals surface area contributed by atoms with Gasteiger partial charge in [0, 0.05) is 6.04 Å². The third-order valence-corrected chi connectivity index (χ3v) is 6.30. The van der Waals surface area contributed by atoms with Crippen molar-refractivity contribution >= 4 is 0 Å². The molecular formula is C19H38N2. The van der Waals surface area contributed by atoms with Crippen molar-refractivity contribution in [2.75, 3.05) is 19.6 Å². The van der Waals surface area contributed by atoms with Crippen LogP contribution in [0.25, 0.3) is 0 Å². The highest BCUT2D eigenvalue weighted by Crippen LogP contribution is 2.42. The van der Waals surface area contributed by atoms with E-state index in [-0.39, 0.29) is 0 Å². The minimum atomic E-state index is 0.457. The van der Waals surface area contributed by atoms with Crippen molar-refractivity contribution in [3.8, 4) is 0 Å². The normalized spacial score (nSPS) is 33.3. The van der Waals surface area contributed by atoms with Gasteiger partial charge >= 0.3 is 0 Å². The lowest BCUT2D eigenvalue weighted by Gasteiger charge is -2.48. The van der Waals surface area contributed by atoms with Gasteiger partial charge in [-0.25, -0.2) is 0 Å². The summed E-state index contributed by atoms with van der Waals surface area (Å²) in [6.07, 6.45) is 9.73. The van der Waals surface area contributed by atoms with Gasteiger partial charge in [0.25, 0.3) is 0 Å². The summed E-state index contributed by atoms with van der Waals surface area (Å²) in [7, 11) is 0. The number of likely N-dealkylation sites (tertiary alicyclic amines) is 1. The Balaban J connectivity index is 1.95. The molecule has 124 valence electrons. The van der Waals surface area contributed by atoms with E-state index in [9.17, 15) is 0 Å². The second-order valence-corrected chi connectivity index (χ2v) is 8.71. The first kappa shape index (κ1) is 17.3. The fourth-order valence-corrected chi connectivity index (χ4v) is 4.70. The lowest BCUT2D eigenvalue weighted by molar-refractivity contribution is 0.0251. The lowest BCUT2D eigenvalue weighted by Crippen LogP contribution is -2.51. The largest absolute Gasteiger partial charge is 0.330 e. The van der Waals surface area contributed by atoms with E-state index >= 15 is 0 Å². The molecule has 2 fully saturated rings. The number of rotatable bonds is 4.